The van der Waals surface area contributed by atoms with Crippen molar-refractivity contribution in [1.29, 1.82) is 0 Å². The Kier molecular flexibility index (Phi) is 8.75. The third-order valence-electron chi connectivity index (χ3n) is 4.20. The van der Waals surface area contributed by atoms with E-state index in [1.54, 1.807) is 12.2 Å². The number of unbranched alkanes of at least 4 members (excludes halogenated alkanes) is 4. The molecule has 0 saturated carbocycles. The molecule has 1 aliphatic carbocycles. The standard InChI is InChI=1S/C18H28O4/c1-2-16-14(11-13-17(16)20)10-12-15(19)8-6-4-3-5-7-9-18(21)22/h10-16,19H,2-9H2,1H3,(H,21,22)/b12-10+/t14-,15+,16-/m0/s1. The first-order chi connectivity index (χ1) is 10.5. The van der Waals surface area contributed by atoms with Crippen molar-refractivity contribution in [3.63, 3.8) is 0 Å². The molecule has 0 bridgehead atoms. The lowest BCUT2D eigenvalue weighted by Gasteiger charge is -2.13. The van der Waals surface area contributed by atoms with E-state index >= 15 is 0 Å². The van der Waals surface area contributed by atoms with E-state index < -0.39 is 12.1 Å². The van der Waals surface area contributed by atoms with Gasteiger partial charge >= 0.3 is 5.97 Å². The Bertz CT molecular complexity index is 411. The summed E-state index contributed by atoms with van der Waals surface area (Å²) in [4.78, 5) is 21.9. The topological polar surface area (TPSA) is 74.6 Å². The molecule has 0 radical (unpaired) electrons. The van der Waals surface area contributed by atoms with Crippen LogP contribution in [-0.4, -0.2) is 28.1 Å². The summed E-state index contributed by atoms with van der Waals surface area (Å²) in [7, 11) is 0. The van der Waals surface area contributed by atoms with Gasteiger partial charge in [-0.2, -0.15) is 0 Å². The molecule has 0 unspecified atom stereocenters. The van der Waals surface area contributed by atoms with E-state index in [2.05, 4.69) is 0 Å². The van der Waals surface area contributed by atoms with Crippen LogP contribution in [0.25, 0.3) is 0 Å². The zero-order valence-electron chi connectivity index (χ0n) is 13.4. The second-order valence-corrected chi connectivity index (χ2v) is 6.01. The Labute approximate surface area is 132 Å². The molecule has 0 aromatic carbocycles. The van der Waals surface area contributed by atoms with Crippen molar-refractivity contribution in [2.45, 2.75) is 64.4 Å². The van der Waals surface area contributed by atoms with Crippen LogP contribution < -0.4 is 0 Å². The molecule has 0 aromatic heterocycles. The number of ketones is 1. The summed E-state index contributed by atoms with van der Waals surface area (Å²) in [5.41, 5.74) is 0. The SMILES string of the molecule is CC[C@@H]1C(=O)C=C[C@@H]1/C=C/[C@H](O)CCCCCCCC(=O)O. The van der Waals surface area contributed by atoms with Gasteiger partial charge in [0, 0.05) is 18.3 Å². The first-order valence-corrected chi connectivity index (χ1v) is 8.34. The quantitative estimate of drug-likeness (QED) is 0.452. The van der Waals surface area contributed by atoms with Crippen LogP contribution in [0.3, 0.4) is 0 Å². The van der Waals surface area contributed by atoms with Crippen LogP contribution in [0.5, 0.6) is 0 Å². The van der Waals surface area contributed by atoms with Crippen molar-refractivity contribution >= 4 is 11.8 Å². The fraction of sp³-hybridized carbons (Fsp3) is 0.667. The molecule has 0 amide bonds. The fourth-order valence-electron chi connectivity index (χ4n) is 2.84. The fourth-order valence-corrected chi connectivity index (χ4v) is 2.84. The molecule has 0 aliphatic heterocycles. The molecule has 0 heterocycles. The second-order valence-electron chi connectivity index (χ2n) is 6.01. The van der Waals surface area contributed by atoms with E-state index in [-0.39, 0.29) is 24.0 Å². The average Bonchev–Trinajstić information content (AvgIpc) is 2.83. The van der Waals surface area contributed by atoms with Gasteiger partial charge in [0.05, 0.1) is 6.10 Å². The number of aliphatic carboxylic acids is 1. The van der Waals surface area contributed by atoms with Crippen LogP contribution in [0.1, 0.15) is 58.3 Å². The average molecular weight is 308 g/mol. The molecule has 0 fully saturated rings. The highest BCUT2D eigenvalue weighted by Gasteiger charge is 2.26. The molecule has 3 atom stereocenters. The largest absolute Gasteiger partial charge is 0.481 e. The maximum absolute atomic E-state index is 11.6. The van der Waals surface area contributed by atoms with Gasteiger partial charge < -0.3 is 10.2 Å². The second kappa shape index (κ2) is 10.3. The summed E-state index contributed by atoms with van der Waals surface area (Å²) in [6.07, 6.45) is 13.3. The number of aliphatic hydroxyl groups is 1. The van der Waals surface area contributed by atoms with Crippen LogP contribution in [-0.2, 0) is 9.59 Å². The van der Waals surface area contributed by atoms with Gasteiger partial charge in [-0.15, -0.1) is 0 Å². The van der Waals surface area contributed by atoms with Crippen LogP contribution in [0.2, 0.25) is 0 Å². The molecule has 124 valence electrons. The lowest BCUT2D eigenvalue weighted by atomic mass is 9.91. The number of carboxylic acids is 1. The van der Waals surface area contributed by atoms with Gasteiger partial charge in [0.15, 0.2) is 5.78 Å². The summed E-state index contributed by atoms with van der Waals surface area (Å²) in [5.74, 6) is -0.376. The Morgan fingerprint density at radius 1 is 1.27 bits per heavy atom. The van der Waals surface area contributed by atoms with Crippen molar-refractivity contribution in [2.75, 3.05) is 0 Å². The lowest BCUT2D eigenvalue weighted by molar-refractivity contribution is -0.137. The first kappa shape index (κ1) is 18.6. The Hall–Kier alpha value is -1.42. The third kappa shape index (κ3) is 7.03. The number of rotatable bonds is 11. The molecule has 4 nitrogen and oxygen atoms in total. The van der Waals surface area contributed by atoms with Crippen LogP contribution >= 0.6 is 0 Å². The number of carbonyl (C=O) groups excluding carboxylic acids is 1. The minimum Gasteiger partial charge on any atom is -0.481 e. The predicted octanol–water partition coefficient (Wildman–Crippen LogP) is 3.50. The normalized spacial score (nSPS) is 22.5. The third-order valence-corrected chi connectivity index (χ3v) is 4.20. The van der Waals surface area contributed by atoms with E-state index in [0.29, 0.717) is 0 Å². The Morgan fingerprint density at radius 2 is 1.95 bits per heavy atom. The van der Waals surface area contributed by atoms with Crippen molar-refractivity contribution in [2.24, 2.45) is 11.8 Å². The molecule has 2 N–H and O–H groups in total. The van der Waals surface area contributed by atoms with Gasteiger partial charge in [-0.1, -0.05) is 50.8 Å². The van der Waals surface area contributed by atoms with E-state index in [9.17, 15) is 14.7 Å². The van der Waals surface area contributed by atoms with Gasteiger partial charge in [0.2, 0.25) is 0 Å². The maximum Gasteiger partial charge on any atom is 0.303 e. The Morgan fingerprint density at radius 3 is 2.64 bits per heavy atom. The van der Waals surface area contributed by atoms with Crippen molar-refractivity contribution in [1.82, 2.24) is 0 Å². The minimum atomic E-state index is -0.731. The van der Waals surface area contributed by atoms with Gasteiger partial charge in [0.1, 0.15) is 0 Å². The molecular weight excluding hydrogens is 280 g/mol. The van der Waals surface area contributed by atoms with E-state index in [1.165, 1.54) is 0 Å². The zero-order chi connectivity index (χ0) is 16.4. The smallest absolute Gasteiger partial charge is 0.303 e. The first-order valence-electron chi connectivity index (χ1n) is 8.34. The highest BCUT2D eigenvalue weighted by Crippen LogP contribution is 2.26. The molecule has 0 spiro atoms. The summed E-state index contributed by atoms with van der Waals surface area (Å²) in [5, 5.41) is 18.5. The number of hydrogen-bond acceptors (Lipinski definition) is 3. The number of aliphatic hydroxyl groups excluding tert-OH is 1. The Balaban J connectivity index is 2.12. The molecule has 1 aliphatic rings. The molecule has 4 heteroatoms. The molecule has 0 aromatic rings. The number of carboxylic acid groups (broad SMARTS) is 1. The number of hydrogen-bond donors (Lipinski definition) is 2. The highest BCUT2D eigenvalue weighted by atomic mass is 16.4. The van der Waals surface area contributed by atoms with Crippen LogP contribution in [0.4, 0.5) is 0 Å². The molecule has 1 rings (SSSR count). The summed E-state index contributed by atoms with van der Waals surface area (Å²) >= 11 is 0. The highest BCUT2D eigenvalue weighted by molar-refractivity contribution is 5.94. The predicted molar refractivity (Wildman–Crippen MR) is 86.5 cm³/mol. The summed E-state index contributed by atoms with van der Waals surface area (Å²) in [6, 6.07) is 0. The van der Waals surface area contributed by atoms with Crippen molar-refractivity contribution < 1.29 is 19.8 Å². The summed E-state index contributed by atoms with van der Waals surface area (Å²) in [6.45, 7) is 2.01. The van der Waals surface area contributed by atoms with E-state index in [1.807, 2.05) is 19.1 Å². The van der Waals surface area contributed by atoms with Gasteiger partial charge in [-0.3, -0.25) is 9.59 Å². The van der Waals surface area contributed by atoms with Crippen molar-refractivity contribution in [3.05, 3.63) is 24.3 Å². The molecular formula is C18H28O4. The minimum absolute atomic E-state index is 0.0395. The van der Waals surface area contributed by atoms with Gasteiger partial charge in [-0.25, -0.2) is 0 Å². The van der Waals surface area contributed by atoms with E-state index in [0.717, 1.165) is 44.9 Å². The van der Waals surface area contributed by atoms with Crippen LogP contribution in [0, 0.1) is 11.8 Å². The molecule has 22 heavy (non-hydrogen) atoms. The number of carbonyl (C=O) groups is 2. The van der Waals surface area contributed by atoms with Crippen molar-refractivity contribution in [3.8, 4) is 0 Å². The van der Waals surface area contributed by atoms with E-state index in [4.69, 9.17) is 5.11 Å². The van der Waals surface area contributed by atoms with Gasteiger partial charge in [-0.05, 0) is 25.3 Å². The zero-order valence-corrected chi connectivity index (χ0v) is 13.4. The maximum atomic E-state index is 11.6. The van der Waals surface area contributed by atoms with Crippen LogP contribution in [0.15, 0.2) is 24.3 Å². The molecule has 0 saturated heterocycles. The lowest BCUT2D eigenvalue weighted by Crippen LogP contribution is -2.13. The number of allylic oxidation sites excluding steroid dienone is 3. The van der Waals surface area contributed by atoms with Gasteiger partial charge in [0.25, 0.3) is 0 Å². The monoisotopic (exact) mass is 308 g/mol. The summed E-state index contributed by atoms with van der Waals surface area (Å²) < 4.78 is 0.